The van der Waals surface area contributed by atoms with Gasteiger partial charge in [-0.1, -0.05) is 35.9 Å². The number of para-hydroxylation sites is 1. The maximum Gasteiger partial charge on any atom is 0.250 e. The molecule has 0 fully saturated rings. The number of fused-ring (bicyclic) bond motifs is 1. The summed E-state index contributed by atoms with van der Waals surface area (Å²) in [4.78, 5) is 15.0. The summed E-state index contributed by atoms with van der Waals surface area (Å²) < 4.78 is 26.3. The average Bonchev–Trinajstić information content (AvgIpc) is 2.62. The van der Waals surface area contributed by atoms with Gasteiger partial charge in [0.15, 0.2) is 0 Å². The van der Waals surface area contributed by atoms with E-state index in [0.29, 0.717) is 17.3 Å². The van der Waals surface area contributed by atoms with Crippen LogP contribution < -0.4 is 9.21 Å². The maximum absolute atomic E-state index is 13.3. The van der Waals surface area contributed by atoms with Gasteiger partial charge in [-0.05, 0) is 56.0 Å². The van der Waals surface area contributed by atoms with E-state index in [9.17, 15) is 13.2 Å². The van der Waals surface area contributed by atoms with Crippen molar-refractivity contribution in [2.24, 2.45) is 0 Å². The van der Waals surface area contributed by atoms with Gasteiger partial charge in [0.1, 0.15) is 6.04 Å². The van der Waals surface area contributed by atoms with Crippen LogP contribution in [0.4, 0.5) is 11.4 Å². The third-order valence-electron chi connectivity index (χ3n) is 4.85. The van der Waals surface area contributed by atoms with Gasteiger partial charge in [-0.3, -0.25) is 9.10 Å². The Balaban J connectivity index is 2.02. The summed E-state index contributed by atoms with van der Waals surface area (Å²) in [5, 5.41) is 0.423. The predicted octanol–water partition coefficient (Wildman–Crippen LogP) is 3.78. The molecule has 1 atom stereocenters. The van der Waals surface area contributed by atoms with E-state index < -0.39 is 16.1 Å². The van der Waals surface area contributed by atoms with Gasteiger partial charge in [0.25, 0.3) is 5.91 Å². The molecule has 0 saturated carbocycles. The number of sulfonamides is 1. The molecule has 1 amide bonds. The fourth-order valence-corrected chi connectivity index (χ4v) is 4.97. The molecule has 0 aromatic heterocycles. The van der Waals surface area contributed by atoms with Crippen LogP contribution in [0.3, 0.4) is 0 Å². The molecule has 144 valence electrons. The summed E-state index contributed by atoms with van der Waals surface area (Å²) in [6, 6.07) is 11.9. The van der Waals surface area contributed by atoms with Gasteiger partial charge in [0, 0.05) is 17.3 Å². The van der Waals surface area contributed by atoms with E-state index in [0.717, 1.165) is 35.9 Å². The number of halogens is 1. The second-order valence-electron chi connectivity index (χ2n) is 6.89. The Kier molecular flexibility index (Phi) is 5.49. The van der Waals surface area contributed by atoms with E-state index in [1.807, 2.05) is 24.3 Å². The quantitative estimate of drug-likeness (QED) is 0.776. The highest BCUT2D eigenvalue weighted by molar-refractivity contribution is 7.92. The highest BCUT2D eigenvalue weighted by Crippen LogP contribution is 2.31. The summed E-state index contributed by atoms with van der Waals surface area (Å²) in [6.07, 6.45) is 2.88. The number of carbonyl (C=O) groups excluding carboxylic acids is 1. The summed E-state index contributed by atoms with van der Waals surface area (Å²) >= 11 is 6.09. The molecule has 27 heavy (non-hydrogen) atoms. The van der Waals surface area contributed by atoms with Crippen LogP contribution in [0.25, 0.3) is 0 Å². The molecule has 3 rings (SSSR count). The SMILES string of the molecule is Cc1ccc(Cl)cc1N(C(C)C(=O)N1CCCc2ccccc21)S(C)(=O)=O. The van der Waals surface area contributed by atoms with Crippen LogP contribution in [0.1, 0.15) is 24.5 Å². The fourth-order valence-electron chi connectivity index (χ4n) is 3.58. The lowest BCUT2D eigenvalue weighted by molar-refractivity contribution is -0.119. The van der Waals surface area contributed by atoms with Crippen LogP contribution in [0.5, 0.6) is 0 Å². The molecule has 1 aliphatic heterocycles. The Hall–Kier alpha value is -2.05. The van der Waals surface area contributed by atoms with Gasteiger partial charge in [-0.2, -0.15) is 0 Å². The van der Waals surface area contributed by atoms with Gasteiger partial charge in [-0.15, -0.1) is 0 Å². The predicted molar refractivity (Wildman–Crippen MR) is 110 cm³/mol. The first-order valence-electron chi connectivity index (χ1n) is 8.85. The highest BCUT2D eigenvalue weighted by atomic mass is 35.5. The molecule has 1 heterocycles. The lowest BCUT2D eigenvalue weighted by Crippen LogP contribution is -2.51. The topological polar surface area (TPSA) is 57.7 Å². The standard InChI is InChI=1S/C20H23ClN2O3S/c1-14-10-11-17(21)13-19(14)23(27(3,25)26)15(2)20(24)22-12-6-8-16-7-4-5-9-18(16)22/h4-5,7,9-11,13,15H,6,8,12H2,1-3H3. The van der Waals surface area contributed by atoms with Crippen LogP contribution in [0.2, 0.25) is 5.02 Å². The summed E-state index contributed by atoms with van der Waals surface area (Å²) in [6.45, 7) is 4.00. The lowest BCUT2D eigenvalue weighted by atomic mass is 10.0. The minimum absolute atomic E-state index is 0.244. The monoisotopic (exact) mass is 406 g/mol. The average molecular weight is 407 g/mol. The Bertz CT molecular complexity index is 975. The second-order valence-corrected chi connectivity index (χ2v) is 9.18. The van der Waals surface area contributed by atoms with Crippen molar-refractivity contribution in [2.45, 2.75) is 32.7 Å². The Labute approximate surface area is 165 Å². The van der Waals surface area contributed by atoms with Gasteiger partial charge >= 0.3 is 0 Å². The number of hydrogen-bond donors (Lipinski definition) is 0. The molecule has 1 unspecified atom stereocenters. The zero-order chi connectivity index (χ0) is 19.8. The Morgan fingerprint density at radius 2 is 1.93 bits per heavy atom. The van der Waals surface area contributed by atoms with E-state index in [2.05, 4.69) is 0 Å². The van der Waals surface area contributed by atoms with Crippen molar-refractivity contribution < 1.29 is 13.2 Å². The molecule has 7 heteroatoms. The largest absolute Gasteiger partial charge is 0.310 e. The van der Waals surface area contributed by atoms with E-state index >= 15 is 0 Å². The van der Waals surface area contributed by atoms with E-state index in [-0.39, 0.29) is 5.91 Å². The van der Waals surface area contributed by atoms with Crippen molar-refractivity contribution in [1.29, 1.82) is 0 Å². The first-order chi connectivity index (χ1) is 12.7. The fraction of sp³-hybridized carbons (Fsp3) is 0.350. The number of anilines is 2. The first-order valence-corrected chi connectivity index (χ1v) is 11.1. The van der Waals surface area contributed by atoms with Gasteiger partial charge < -0.3 is 4.90 Å². The zero-order valence-corrected chi connectivity index (χ0v) is 17.2. The smallest absolute Gasteiger partial charge is 0.250 e. The van der Waals surface area contributed by atoms with Crippen molar-refractivity contribution in [3.63, 3.8) is 0 Å². The van der Waals surface area contributed by atoms with Crippen molar-refractivity contribution in [1.82, 2.24) is 0 Å². The molecule has 0 saturated heterocycles. The number of aryl methyl sites for hydroxylation is 2. The third kappa shape index (κ3) is 3.96. The molecule has 1 aliphatic rings. The molecular formula is C20H23ClN2O3S. The molecule has 0 bridgehead atoms. The van der Waals surface area contributed by atoms with Crippen LogP contribution in [-0.4, -0.2) is 33.2 Å². The van der Waals surface area contributed by atoms with Crippen LogP contribution in [0.15, 0.2) is 42.5 Å². The number of nitrogens with zero attached hydrogens (tertiary/aromatic N) is 2. The van der Waals surface area contributed by atoms with Crippen molar-refractivity contribution >= 4 is 38.9 Å². The van der Waals surface area contributed by atoms with Crippen LogP contribution >= 0.6 is 11.6 Å². The number of hydrogen-bond acceptors (Lipinski definition) is 3. The van der Waals surface area contributed by atoms with Gasteiger partial charge in [0.2, 0.25) is 10.0 Å². The first kappa shape index (κ1) is 19.7. The van der Waals surface area contributed by atoms with Crippen LogP contribution in [-0.2, 0) is 21.2 Å². The van der Waals surface area contributed by atoms with Crippen LogP contribution in [0, 0.1) is 6.92 Å². The molecular weight excluding hydrogens is 384 g/mol. The van der Waals surface area contributed by atoms with E-state index in [1.54, 1.807) is 36.9 Å². The van der Waals surface area contributed by atoms with Crippen molar-refractivity contribution in [3.8, 4) is 0 Å². The zero-order valence-electron chi connectivity index (χ0n) is 15.6. The van der Waals surface area contributed by atoms with Crippen molar-refractivity contribution in [3.05, 3.63) is 58.6 Å². The maximum atomic E-state index is 13.3. The van der Waals surface area contributed by atoms with E-state index in [4.69, 9.17) is 11.6 Å². The minimum Gasteiger partial charge on any atom is -0.310 e. The molecule has 0 aliphatic carbocycles. The molecule has 5 nitrogen and oxygen atoms in total. The van der Waals surface area contributed by atoms with Crippen molar-refractivity contribution in [2.75, 3.05) is 22.0 Å². The second kappa shape index (κ2) is 7.52. The number of carbonyl (C=O) groups is 1. The summed E-state index contributed by atoms with van der Waals surface area (Å²) in [5.41, 5.74) is 3.13. The lowest BCUT2D eigenvalue weighted by Gasteiger charge is -2.36. The minimum atomic E-state index is -3.69. The van der Waals surface area contributed by atoms with E-state index in [1.165, 1.54) is 4.31 Å². The summed E-state index contributed by atoms with van der Waals surface area (Å²) in [5.74, 6) is -0.244. The number of amides is 1. The van der Waals surface area contributed by atoms with Gasteiger partial charge in [0.05, 0.1) is 11.9 Å². The van der Waals surface area contributed by atoms with Gasteiger partial charge in [-0.25, -0.2) is 8.42 Å². The summed E-state index contributed by atoms with van der Waals surface area (Å²) in [7, 11) is -3.69. The highest BCUT2D eigenvalue weighted by Gasteiger charge is 2.34. The third-order valence-corrected chi connectivity index (χ3v) is 6.31. The Morgan fingerprint density at radius 3 is 2.63 bits per heavy atom. The number of benzene rings is 2. The number of rotatable bonds is 4. The molecule has 0 spiro atoms. The normalized spacial score (nSPS) is 15.2. The Morgan fingerprint density at radius 1 is 1.22 bits per heavy atom. The molecule has 2 aromatic rings. The molecule has 2 aromatic carbocycles. The molecule has 0 N–H and O–H groups in total. The molecule has 0 radical (unpaired) electrons.